The van der Waals surface area contributed by atoms with E-state index < -0.39 is 54.3 Å². The fourth-order valence-electron chi connectivity index (χ4n) is 10.5. The summed E-state index contributed by atoms with van der Waals surface area (Å²) in [6.45, 7) is 1.44. The van der Waals surface area contributed by atoms with Crippen molar-refractivity contribution >= 4 is 68.5 Å². The van der Waals surface area contributed by atoms with Gasteiger partial charge in [0.25, 0.3) is 17.7 Å². The number of benzene rings is 3. The number of carbonyl (C=O) groups excluding carboxylic acids is 5. The number of nitrogens with one attached hydrogen (secondary N) is 2. The lowest BCUT2D eigenvalue weighted by Gasteiger charge is -2.40. The largest absolute Gasteiger partial charge is 0.368 e. The highest BCUT2D eigenvalue weighted by Gasteiger charge is 2.47. The molecule has 2 N–H and O–H groups in total. The van der Waals surface area contributed by atoms with E-state index in [9.17, 15) is 28.4 Å². The average Bonchev–Trinajstić information content (AvgIpc) is 4.18. The van der Waals surface area contributed by atoms with Gasteiger partial charge in [-0.25, -0.2) is 32.3 Å². The van der Waals surface area contributed by atoms with Gasteiger partial charge in [0.1, 0.15) is 12.0 Å². The molecule has 6 amide bonds. The summed E-state index contributed by atoms with van der Waals surface area (Å²) in [5, 5.41) is 12.1. The molecular weight excluding hydrogens is 933 g/mol. The van der Waals surface area contributed by atoms with Gasteiger partial charge in [0.05, 0.1) is 49.6 Å². The first-order valence-corrected chi connectivity index (χ1v) is 23.9. The molecule has 0 saturated carbocycles. The van der Waals surface area contributed by atoms with Crippen LogP contribution in [0.1, 0.15) is 57.7 Å². The molecule has 5 aliphatic rings. The van der Waals surface area contributed by atoms with E-state index in [2.05, 4.69) is 30.6 Å². The number of hydrogen-bond acceptors (Lipinski definition) is 11. The Morgan fingerprint density at radius 3 is 2.51 bits per heavy atom. The van der Waals surface area contributed by atoms with Crippen molar-refractivity contribution in [3.8, 4) is 11.1 Å². The molecule has 0 spiro atoms. The smallest absolute Gasteiger partial charge is 0.329 e. The highest BCUT2D eigenvalue weighted by atomic mass is 32.1. The number of anilines is 3. The van der Waals surface area contributed by atoms with Gasteiger partial charge in [-0.05, 0) is 66.1 Å². The van der Waals surface area contributed by atoms with Crippen molar-refractivity contribution in [3.63, 3.8) is 0 Å². The van der Waals surface area contributed by atoms with Crippen molar-refractivity contribution < 1.29 is 41.5 Å². The second-order valence-corrected chi connectivity index (χ2v) is 19.3. The maximum atomic E-state index is 16.0. The number of amides is 6. The average molecular weight is 979 g/mol. The summed E-state index contributed by atoms with van der Waals surface area (Å²) in [7, 11) is 1.68. The van der Waals surface area contributed by atoms with Crippen LogP contribution in [-0.2, 0) is 40.9 Å². The summed E-state index contributed by atoms with van der Waals surface area (Å²) >= 11 is 1.20. The minimum absolute atomic E-state index is 0.0327. The fourth-order valence-corrected chi connectivity index (χ4v) is 11.0. The number of fused-ring (bicyclic) bond motifs is 3. The van der Waals surface area contributed by atoms with Crippen LogP contribution in [-0.4, -0.2) is 133 Å². The van der Waals surface area contributed by atoms with E-state index in [-0.39, 0.29) is 74.1 Å². The number of piperazine rings is 1. The maximum absolute atomic E-state index is 16.0. The number of aromatic nitrogens is 5. The standard InChI is InChI=1S/C48H46F4N12O5S/c1-58-37-20-28(4-7-32(37)43(57-58)63-12-9-39(65)55-47(63)69)35-8-11-59(25-48(35,51)52)24-40(66)61-15-13-60(14-16-61)31-5-2-27(3-6-31)29-18-33-34(36(50)19-29)23-64(45(33)68)42(44(67)56-46-53-10-17-70-46)41-38-21-30(49)22-62(38)26-54-41/h2-7,10,17-20,26,30,35,42H,8-9,11-16,21-25H2,1H3,(H,53,56,67)(H,55,65,69)/t30-,35?,42?/m1/s1. The van der Waals surface area contributed by atoms with E-state index in [4.69, 9.17) is 0 Å². The van der Waals surface area contributed by atoms with Gasteiger partial charge in [-0.3, -0.25) is 44.3 Å². The van der Waals surface area contributed by atoms with E-state index in [1.165, 1.54) is 44.6 Å². The lowest BCUT2D eigenvalue weighted by Crippen LogP contribution is -2.54. The molecule has 3 saturated heterocycles. The molecule has 70 heavy (non-hydrogen) atoms. The predicted molar refractivity (Wildman–Crippen MR) is 250 cm³/mol. The Labute approximate surface area is 401 Å². The van der Waals surface area contributed by atoms with Crippen LogP contribution < -0.4 is 20.4 Å². The monoisotopic (exact) mass is 978 g/mol. The number of halogens is 4. The van der Waals surface area contributed by atoms with Crippen LogP contribution >= 0.6 is 11.3 Å². The van der Waals surface area contributed by atoms with E-state index in [0.29, 0.717) is 77.0 Å². The SMILES string of the molecule is Cn1nc(N2CCC(=O)NC2=O)c2ccc(C3CCN(CC(=O)N4CCN(c5ccc(-c6cc(F)c7c(c6)C(=O)N(C(C(=O)Nc6nccs6)c6ncn8c6C[C@@H](F)C8)C7)cc5)CC4)CC3(F)F)cc21. The van der Waals surface area contributed by atoms with E-state index >= 15 is 13.2 Å². The first-order valence-electron chi connectivity index (χ1n) is 23.0. The number of alkyl halides is 3. The van der Waals surface area contributed by atoms with Crippen LogP contribution in [0.2, 0.25) is 0 Å². The normalized spacial score (nSPS) is 20.8. The molecule has 2 unspecified atom stereocenters. The fraction of sp³-hybridized carbons (Fsp3) is 0.375. The van der Waals surface area contributed by atoms with Crippen molar-refractivity contribution in [3.05, 3.63) is 106 Å². The molecule has 3 fully saturated rings. The van der Waals surface area contributed by atoms with Crippen LogP contribution in [0.25, 0.3) is 22.0 Å². The number of aryl methyl sites for hydroxylation is 1. The number of likely N-dealkylation sites (tertiary alicyclic amines) is 1. The first kappa shape index (κ1) is 45.3. The summed E-state index contributed by atoms with van der Waals surface area (Å²) in [6.07, 6.45) is 2.12. The number of imidazole rings is 1. The molecule has 362 valence electrons. The van der Waals surface area contributed by atoms with Crippen molar-refractivity contribution in [2.45, 2.75) is 56.4 Å². The number of urea groups is 1. The molecule has 11 rings (SSSR count). The lowest BCUT2D eigenvalue weighted by molar-refractivity contribution is -0.136. The van der Waals surface area contributed by atoms with Gasteiger partial charge in [-0.15, -0.1) is 11.3 Å². The van der Waals surface area contributed by atoms with Gasteiger partial charge in [0.2, 0.25) is 11.8 Å². The third-order valence-electron chi connectivity index (χ3n) is 14.1. The number of nitrogens with zero attached hydrogens (tertiary/aromatic N) is 10. The third-order valence-corrected chi connectivity index (χ3v) is 14.8. The van der Waals surface area contributed by atoms with Crippen LogP contribution in [0.4, 0.5) is 39.0 Å². The highest BCUT2D eigenvalue weighted by molar-refractivity contribution is 7.13. The predicted octanol–water partition coefficient (Wildman–Crippen LogP) is 5.48. The zero-order valence-corrected chi connectivity index (χ0v) is 38.6. The number of piperidine rings is 1. The first-order chi connectivity index (χ1) is 33.7. The molecule has 8 heterocycles. The molecule has 5 aliphatic heterocycles. The summed E-state index contributed by atoms with van der Waals surface area (Å²) < 4.78 is 65.5. The summed E-state index contributed by atoms with van der Waals surface area (Å²) in [5.41, 5.74) is 4.00. The van der Waals surface area contributed by atoms with Gasteiger partial charge in [-0.2, -0.15) is 5.10 Å². The van der Waals surface area contributed by atoms with E-state index in [1.54, 1.807) is 50.8 Å². The van der Waals surface area contributed by atoms with Crippen molar-refractivity contribution in [1.82, 2.24) is 44.3 Å². The Kier molecular flexibility index (Phi) is 11.4. The molecule has 17 nitrogen and oxygen atoms in total. The minimum atomic E-state index is -3.13. The number of hydrogen-bond donors (Lipinski definition) is 2. The summed E-state index contributed by atoms with van der Waals surface area (Å²) in [4.78, 5) is 82.2. The second-order valence-electron chi connectivity index (χ2n) is 18.4. The van der Waals surface area contributed by atoms with E-state index in [1.807, 2.05) is 24.3 Å². The Bertz CT molecular complexity index is 3080. The van der Waals surface area contributed by atoms with Crippen LogP contribution in [0.3, 0.4) is 0 Å². The Balaban J connectivity index is 0.707. The molecule has 22 heteroatoms. The summed E-state index contributed by atoms with van der Waals surface area (Å²) in [5.74, 6) is -6.21. The maximum Gasteiger partial charge on any atom is 0.329 e. The van der Waals surface area contributed by atoms with E-state index in [0.717, 1.165) is 5.69 Å². The van der Waals surface area contributed by atoms with Gasteiger partial charge in [0, 0.05) is 92.1 Å². The zero-order chi connectivity index (χ0) is 48.6. The van der Waals surface area contributed by atoms with Crippen molar-refractivity contribution in [2.75, 3.05) is 67.5 Å². The second kappa shape index (κ2) is 17.6. The van der Waals surface area contributed by atoms with Gasteiger partial charge >= 0.3 is 6.03 Å². The van der Waals surface area contributed by atoms with Crippen LogP contribution in [0.5, 0.6) is 0 Å². The Morgan fingerprint density at radius 1 is 0.971 bits per heavy atom. The number of thiazole rings is 1. The van der Waals surface area contributed by atoms with Crippen molar-refractivity contribution in [1.29, 1.82) is 0 Å². The van der Waals surface area contributed by atoms with Gasteiger partial charge in [0.15, 0.2) is 17.0 Å². The molecule has 0 radical (unpaired) electrons. The Morgan fingerprint density at radius 2 is 1.77 bits per heavy atom. The topological polar surface area (TPSA) is 174 Å². The summed E-state index contributed by atoms with van der Waals surface area (Å²) in [6, 6.07) is 13.6. The molecule has 0 bridgehead atoms. The lowest BCUT2D eigenvalue weighted by atomic mass is 9.85. The van der Waals surface area contributed by atoms with Crippen LogP contribution in [0.15, 0.2) is 72.5 Å². The Hall–Kier alpha value is -7.20. The highest BCUT2D eigenvalue weighted by Crippen LogP contribution is 2.43. The minimum Gasteiger partial charge on any atom is -0.368 e. The molecule has 3 aromatic heterocycles. The molecular formula is C48H46F4N12O5S. The number of carbonyl (C=O) groups is 5. The van der Waals surface area contributed by atoms with Crippen LogP contribution in [0, 0.1) is 5.82 Å². The molecule has 3 atom stereocenters. The molecule has 3 aromatic carbocycles. The molecule has 6 aromatic rings. The van der Waals surface area contributed by atoms with Gasteiger partial charge in [-0.1, -0.05) is 18.2 Å². The molecule has 0 aliphatic carbocycles. The zero-order valence-electron chi connectivity index (χ0n) is 37.8. The number of imide groups is 1. The number of rotatable bonds is 10. The van der Waals surface area contributed by atoms with Crippen molar-refractivity contribution in [2.24, 2.45) is 7.05 Å². The third kappa shape index (κ3) is 8.20. The van der Waals surface area contributed by atoms with Gasteiger partial charge < -0.3 is 19.3 Å². The quantitative estimate of drug-likeness (QED) is 0.167.